The van der Waals surface area contributed by atoms with Crippen molar-refractivity contribution in [2.24, 2.45) is 0 Å². The van der Waals surface area contributed by atoms with Crippen molar-refractivity contribution in [2.45, 2.75) is 18.6 Å². The molecular weight excluding hydrogens is 244 g/mol. The SMILES string of the molecule is OCCc1ccc2c(c1)OC(F)(F)C(F)(F)O2. The number of aliphatic hydroxyl groups excluding tert-OH is 1. The number of hydrogen-bond acceptors (Lipinski definition) is 3. The van der Waals surface area contributed by atoms with Gasteiger partial charge < -0.3 is 14.6 Å². The Bertz CT molecular complexity index is 434. The van der Waals surface area contributed by atoms with Gasteiger partial charge in [-0.2, -0.15) is 17.6 Å². The molecule has 1 heterocycles. The third kappa shape index (κ3) is 2.02. The van der Waals surface area contributed by atoms with Gasteiger partial charge in [0.1, 0.15) is 0 Å². The molecule has 0 amide bonds. The van der Waals surface area contributed by atoms with Gasteiger partial charge in [-0.25, -0.2) is 0 Å². The first-order chi connectivity index (χ1) is 7.86. The van der Waals surface area contributed by atoms with Gasteiger partial charge in [0, 0.05) is 6.61 Å². The Kier molecular flexibility index (Phi) is 2.65. The van der Waals surface area contributed by atoms with Crippen LogP contribution in [0.5, 0.6) is 11.5 Å². The summed E-state index contributed by atoms with van der Waals surface area (Å²) in [5, 5.41) is 8.67. The van der Waals surface area contributed by atoms with Crippen LogP contribution in [0.25, 0.3) is 0 Å². The van der Waals surface area contributed by atoms with E-state index in [2.05, 4.69) is 9.47 Å². The Hall–Kier alpha value is -1.50. The lowest BCUT2D eigenvalue weighted by atomic mass is 10.1. The van der Waals surface area contributed by atoms with Gasteiger partial charge >= 0.3 is 12.2 Å². The first kappa shape index (κ1) is 12.0. The Labute approximate surface area is 93.6 Å². The molecule has 0 unspecified atom stereocenters. The van der Waals surface area contributed by atoms with Crippen molar-refractivity contribution in [3.05, 3.63) is 23.8 Å². The smallest absolute Gasteiger partial charge is 0.421 e. The van der Waals surface area contributed by atoms with Crippen LogP contribution in [-0.2, 0) is 6.42 Å². The maximum absolute atomic E-state index is 12.8. The van der Waals surface area contributed by atoms with Gasteiger partial charge in [-0.15, -0.1) is 0 Å². The standard InChI is InChI=1S/C10H8F4O3/c11-9(12)10(13,14)17-8-5-6(3-4-15)1-2-7(8)16-9/h1-2,5,15H,3-4H2. The van der Waals surface area contributed by atoms with E-state index in [0.29, 0.717) is 5.56 Å². The molecule has 3 nitrogen and oxygen atoms in total. The average molecular weight is 252 g/mol. The Morgan fingerprint density at radius 3 is 2.18 bits per heavy atom. The second-order valence-corrected chi connectivity index (χ2v) is 3.49. The highest BCUT2D eigenvalue weighted by atomic mass is 19.3. The molecule has 0 fully saturated rings. The summed E-state index contributed by atoms with van der Waals surface area (Å²) in [4.78, 5) is 0. The van der Waals surface area contributed by atoms with Crippen molar-refractivity contribution in [3.63, 3.8) is 0 Å². The number of rotatable bonds is 2. The lowest BCUT2D eigenvalue weighted by molar-refractivity contribution is -0.391. The van der Waals surface area contributed by atoms with E-state index in [-0.39, 0.29) is 13.0 Å². The van der Waals surface area contributed by atoms with Crippen LogP contribution in [0.2, 0.25) is 0 Å². The highest BCUT2D eigenvalue weighted by molar-refractivity contribution is 5.44. The summed E-state index contributed by atoms with van der Waals surface area (Å²) < 4.78 is 59.0. The van der Waals surface area contributed by atoms with Gasteiger partial charge in [0.15, 0.2) is 11.5 Å². The number of aliphatic hydroxyl groups is 1. The normalized spacial score (nSPS) is 20.1. The molecule has 0 aromatic heterocycles. The van der Waals surface area contributed by atoms with Gasteiger partial charge in [-0.1, -0.05) is 6.07 Å². The molecule has 0 radical (unpaired) electrons. The van der Waals surface area contributed by atoms with Gasteiger partial charge in [0.25, 0.3) is 0 Å². The quantitative estimate of drug-likeness (QED) is 0.820. The minimum Gasteiger partial charge on any atom is -0.421 e. The number of alkyl halides is 4. The van der Waals surface area contributed by atoms with Crippen LogP contribution < -0.4 is 9.47 Å². The molecule has 1 aromatic rings. The van der Waals surface area contributed by atoms with Crippen molar-refractivity contribution in [3.8, 4) is 11.5 Å². The predicted molar refractivity (Wildman–Crippen MR) is 48.4 cm³/mol. The summed E-state index contributed by atoms with van der Waals surface area (Å²) in [6, 6.07) is 3.62. The van der Waals surface area contributed by atoms with E-state index < -0.39 is 23.7 Å². The topological polar surface area (TPSA) is 38.7 Å². The first-order valence-electron chi connectivity index (χ1n) is 4.73. The Balaban J connectivity index is 2.36. The third-order valence-corrected chi connectivity index (χ3v) is 2.22. The fraction of sp³-hybridized carbons (Fsp3) is 0.400. The van der Waals surface area contributed by atoms with Gasteiger partial charge in [0.2, 0.25) is 0 Å². The molecule has 0 atom stereocenters. The molecule has 2 rings (SSSR count). The minimum absolute atomic E-state index is 0.188. The van der Waals surface area contributed by atoms with E-state index in [1.54, 1.807) is 0 Å². The Morgan fingerprint density at radius 1 is 1.00 bits per heavy atom. The molecule has 17 heavy (non-hydrogen) atoms. The zero-order chi connectivity index (χ0) is 12.7. The molecule has 1 aliphatic heterocycles. The van der Waals surface area contributed by atoms with Crippen molar-refractivity contribution in [1.82, 2.24) is 0 Å². The van der Waals surface area contributed by atoms with Gasteiger partial charge in [-0.3, -0.25) is 0 Å². The summed E-state index contributed by atoms with van der Waals surface area (Å²) in [6.45, 7) is -0.188. The number of hydrogen-bond donors (Lipinski definition) is 1. The third-order valence-electron chi connectivity index (χ3n) is 2.22. The second-order valence-electron chi connectivity index (χ2n) is 3.49. The molecule has 1 aliphatic rings. The lowest BCUT2D eigenvalue weighted by Crippen LogP contribution is -2.52. The molecule has 1 aromatic carbocycles. The number of halogens is 4. The van der Waals surface area contributed by atoms with E-state index in [1.165, 1.54) is 6.07 Å². The predicted octanol–water partition coefficient (Wildman–Crippen LogP) is 2.18. The monoisotopic (exact) mass is 252 g/mol. The molecule has 0 saturated heterocycles. The molecule has 0 spiro atoms. The fourth-order valence-electron chi connectivity index (χ4n) is 1.40. The first-order valence-corrected chi connectivity index (χ1v) is 4.73. The number of ether oxygens (including phenoxy) is 2. The average Bonchev–Trinajstić information content (AvgIpc) is 2.20. The van der Waals surface area contributed by atoms with E-state index >= 15 is 0 Å². The van der Waals surface area contributed by atoms with Crippen LogP contribution in [0.3, 0.4) is 0 Å². The largest absolute Gasteiger partial charge is 0.507 e. The summed E-state index contributed by atoms with van der Waals surface area (Å²) in [7, 11) is 0. The maximum atomic E-state index is 12.8. The molecule has 7 heteroatoms. The highest BCUT2D eigenvalue weighted by Gasteiger charge is 2.65. The lowest BCUT2D eigenvalue weighted by Gasteiger charge is -2.31. The van der Waals surface area contributed by atoms with Crippen LogP contribution in [0.15, 0.2) is 18.2 Å². The minimum atomic E-state index is -4.71. The summed E-state index contributed by atoms with van der Waals surface area (Å²) in [6.07, 6.45) is -9.20. The van der Waals surface area contributed by atoms with Crippen LogP contribution in [0.4, 0.5) is 17.6 Å². The van der Waals surface area contributed by atoms with E-state index in [1.807, 2.05) is 0 Å². The van der Waals surface area contributed by atoms with Crippen LogP contribution in [-0.4, -0.2) is 23.9 Å². The molecule has 94 valence electrons. The maximum Gasteiger partial charge on any atom is 0.507 e. The molecule has 0 aliphatic carbocycles. The fourth-order valence-corrected chi connectivity index (χ4v) is 1.40. The summed E-state index contributed by atoms with van der Waals surface area (Å²) in [5.41, 5.74) is 0.482. The van der Waals surface area contributed by atoms with E-state index in [4.69, 9.17) is 5.11 Å². The number of benzene rings is 1. The molecule has 0 bridgehead atoms. The van der Waals surface area contributed by atoms with Gasteiger partial charge in [0.05, 0.1) is 0 Å². The van der Waals surface area contributed by atoms with Crippen LogP contribution in [0.1, 0.15) is 5.56 Å². The molecule has 0 saturated carbocycles. The Morgan fingerprint density at radius 2 is 1.59 bits per heavy atom. The van der Waals surface area contributed by atoms with Crippen molar-refractivity contribution < 1.29 is 32.1 Å². The molecular formula is C10H8F4O3. The van der Waals surface area contributed by atoms with Crippen LogP contribution in [0, 0.1) is 0 Å². The zero-order valence-corrected chi connectivity index (χ0v) is 8.42. The van der Waals surface area contributed by atoms with Crippen molar-refractivity contribution in [1.29, 1.82) is 0 Å². The summed E-state index contributed by atoms with van der Waals surface area (Å²) in [5.74, 6) is -0.922. The van der Waals surface area contributed by atoms with Crippen molar-refractivity contribution >= 4 is 0 Å². The zero-order valence-electron chi connectivity index (χ0n) is 8.42. The highest BCUT2D eigenvalue weighted by Crippen LogP contribution is 2.46. The molecule has 1 N–H and O–H groups in total. The van der Waals surface area contributed by atoms with Gasteiger partial charge in [-0.05, 0) is 24.1 Å². The van der Waals surface area contributed by atoms with E-state index in [9.17, 15) is 17.6 Å². The second kappa shape index (κ2) is 3.76. The number of fused-ring (bicyclic) bond motifs is 1. The van der Waals surface area contributed by atoms with Crippen LogP contribution >= 0.6 is 0 Å². The van der Waals surface area contributed by atoms with Crippen molar-refractivity contribution in [2.75, 3.05) is 6.61 Å². The summed E-state index contributed by atoms with van der Waals surface area (Å²) >= 11 is 0. The van der Waals surface area contributed by atoms with E-state index in [0.717, 1.165) is 12.1 Å².